The normalized spacial score (nSPS) is 17.6. The molecule has 1 aliphatic rings. The van der Waals surface area contributed by atoms with Crippen LogP contribution in [0.1, 0.15) is 16.9 Å². The quantitative estimate of drug-likeness (QED) is 0.851. The molecular formula is C14H16BrClN4O. The van der Waals surface area contributed by atoms with E-state index in [1.165, 1.54) is 0 Å². The second-order valence-electron chi connectivity index (χ2n) is 4.93. The zero-order valence-electron chi connectivity index (χ0n) is 11.3. The SMILES string of the molecule is Cl.N[C@@H]1CCN(C(=O)c2[nH]nc(-c3ccccc3)c2Br)C1. The van der Waals surface area contributed by atoms with E-state index in [2.05, 4.69) is 26.1 Å². The maximum Gasteiger partial charge on any atom is 0.273 e. The lowest BCUT2D eigenvalue weighted by Crippen LogP contribution is -2.32. The fourth-order valence-corrected chi connectivity index (χ4v) is 2.96. The number of H-pyrrole nitrogens is 1. The summed E-state index contributed by atoms with van der Waals surface area (Å²) in [5.41, 5.74) is 8.04. The molecule has 0 radical (unpaired) electrons. The van der Waals surface area contributed by atoms with Gasteiger partial charge in [0.25, 0.3) is 5.91 Å². The number of hydrogen-bond acceptors (Lipinski definition) is 3. The van der Waals surface area contributed by atoms with Gasteiger partial charge in [-0.05, 0) is 22.4 Å². The van der Waals surface area contributed by atoms with E-state index in [1.54, 1.807) is 4.90 Å². The maximum absolute atomic E-state index is 12.4. The van der Waals surface area contributed by atoms with Crippen molar-refractivity contribution >= 4 is 34.2 Å². The molecule has 1 aromatic heterocycles. The van der Waals surface area contributed by atoms with E-state index in [1.807, 2.05) is 30.3 Å². The number of nitrogens with two attached hydrogens (primary N) is 1. The van der Waals surface area contributed by atoms with Crippen molar-refractivity contribution in [1.82, 2.24) is 15.1 Å². The van der Waals surface area contributed by atoms with Gasteiger partial charge in [-0.15, -0.1) is 12.4 Å². The summed E-state index contributed by atoms with van der Waals surface area (Å²) in [5.74, 6) is -0.0560. The van der Waals surface area contributed by atoms with Gasteiger partial charge in [0.1, 0.15) is 11.4 Å². The van der Waals surface area contributed by atoms with E-state index < -0.39 is 0 Å². The van der Waals surface area contributed by atoms with Gasteiger partial charge in [0.2, 0.25) is 0 Å². The Kier molecular flexibility index (Phi) is 5.03. The first-order valence-corrected chi connectivity index (χ1v) is 7.30. The third kappa shape index (κ3) is 3.12. The molecular weight excluding hydrogens is 356 g/mol. The summed E-state index contributed by atoms with van der Waals surface area (Å²) in [4.78, 5) is 14.2. The van der Waals surface area contributed by atoms with Crippen LogP contribution in [0, 0.1) is 0 Å². The minimum Gasteiger partial charge on any atom is -0.336 e. The molecule has 0 bridgehead atoms. The monoisotopic (exact) mass is 370 g/mol. The van der Waals surface area contributed by atoms with Crippen molar-refractivity contribution in [3.8, 4) is 11.3 Å². The number of aromatic nitrogens is 2. The van der Waals surface area contributed by atoms with Crippen LogP contribution < -0.4 is 5.73 Å². The molecule has 2 heterocycles. The zero-order valence-corrected chi connectivity index (χ0v) is 13.7. The number of carbonyl (C=O) groups is 1. The van der Waals surface area contributed by atoms with Gasteiger partial charge in [0.05, 0.1) is 4.47 Å². The molecule has 1 amide bonds. The van der Waals surface area contributed by atoms with Crippen LogP contribution in [-0.4, -0.2) is 40.1 Å². The molecule has 3 N–H and O–H groups in total. The van der Waals surface area contributed by atoms with Crippen LogP contribution in [0.3, 0.4) is 0 Å². The van der Waals surface area contributed by atoms with Crippen LogP contribution >= 0.6 is 28.3 Å². The topological polar surface area (TPSA) is 75.0 Å². The molecule has 5 nitrogen and oxygen atoms in total. The predicted molar refractivity (Wildman–Crippen MR) is 87.5 cm³/mol. The highest BCUT2D eigenvalue weighted by atomic mass is 79.9. The number of amides is 1. The van der Waals surface area contributed by atoms with Crippen LogP contribution in [0.5, 0.6) is 0 Å². The first-order chi connectivity index (χ1) is 9.66. The van der Waals surface area contributed by atoms with Crippen LogP contribution in [0.15, 0.2) is 34.8 Å². The lowest BCUT2D eigenvalue weighted by Gasteiger charge is -2.14. The average Bonchev–Trinajstić information content (AvgIpc) is 3.05. The van der Waals surface area contributed by atoms with Crippen LogP contribution in [0.4, 0.5) is 0 Å². The van der Waals surface area contributed by atoms with E-state index in [9.17, 15) is 4.79 Å². The third-order valence-electron chi connectivity index (χ3n) is 3.48. The highest BCUT2D eigenvalue weighted by molar-refractivity contribution is 9.10. The van der Waals surface area contributed by atoms with Crippen LogP contribution in [-0.2, 0) is 0 Å². The van der Waals surface area contributed by atoms with Crippen molar-refractivity contribution in [3.63, 3.8) is 0 Å². The molecule has 0 unspecified atom stereocenters. The molecule has 1 aromatic carbocycles. The average molecular weight is 372 g/mol. The minimum absolute atomic E-state index is 0. The molecule has 0 saturated carbocycles. The summed E-state index contributed by atoms with van der Waals surface area (Å²) in [7, 11) is 0. The molecule has 1 aliphatic heterocycles. The fraction of sp³-hybridized carbons (Fsp3) is 0.286. The van der Waals surface area contributed by atoms with E-state index in [0.29, 0.717) is 23.3 Å². The van der Waals surface area contributed by atoms with Gasteiger partial charge in [0, 0.05) is 24.7 Å². The van der Waals surface area contributed by atoms with Crippen molar-refractivity contribution in [3.05, 3.63) is 40.5 Å². The number of hydrogen-bond donors (Lipinski definition) is 2. The van der Waals surface area contributed by atoms with Crippen molar-refractivity contribution in [2.45, 2.75) is 12.5 Å². The summed E-state index contributed by atoms with van der Waals surface area (Å²) in [5, 5.41) is 7.08. The summed E-state index contributed by atoms with van der Waals surface area (Å²) < 4.78 is 0.703. The molecule has 7 heteroatoms. The zero-order chi connectivity index (χ0) is 14.1. The van der Waals surface area contributed by atoms with Crippen LogP contribution in [0.2, 0.25) is 0 Å². The van der Waals surface area contributed by atoms with E-state index in [4.69, 9.17) is 5.73 Å². The molecule has 2 aromatic rings. The van der Waals surface area contributed by atoms with Crippen LogP contribution in [0.25, 0.3) is 11.3 Å². The standard InChI is InChI=1S/C14H15BrN4O.ClH/c15-11-12(9-4-2-1-3-5-9)17-18-13(11)14(20)19-7-6-10(16)8-19;/h1-5,10H,6-8,16H2,(H,17,18);1H/t10-;/m1./s1. The van der Waals surface area contributed by atoms with E-state index >= 15 is 0 Å². The molecule has 0 aliphatic carbocycles. The van der Waals surface area contributed by atoms with Crippen molar-refractivity contribution in [2.75, 3.05) is 13.1 Å². The molecule has 21 heavy (non-hydrogen) atoms. The third-order valence-corrected chi connectivity index (χ3v) is 4.25. The second-order valence-corrected chi connectivity index (χ2v) is 5.72. The van der Waals surface area contributed by atoms with Gasteiger partial charge in [-0.1, -0.05) is 30.3 Å². The number of nitrogens with zero attached hydrogens (tertiary/aromatic N) is 2. The fourth-order valence-electron chi connectivity index (χ4n) is 2.39. The van der Waals surface area contributed by atoms with Gasteiger partial charge in [-0.3, -0.25) is 9.89 Å². The molecule has 1 atom stereocenters. The Hall–Kier alpha value is -1.37. The highest BCUT2D eigenvalue weighted by Crippen LogP contribution is 2.29. The predicted octanol–water partition coefficient (Wildman–Crippen LogP) is 2.43. The largest absolute Gasteiger partial charge is 0.336 e. The summed E-state index contributed by atoms with van der Waals surface area (Å²) in [6, 6.07) is 9.83. The number of halogens is 2. The smallest absolute Gasteiger partial charge is 0.273 e. The molecule has 0 spiro atoms. The Morgan fingerprint density at radius 1 is 1.38 bits per heavy atom. The van der Waals surface area contributed by atoms with E-state index in [0.717, 1.165) is 17.7 Å². The number of carbonyl (C=O) groups excluding carboxylic acids is 1. The Bertz CT molecular complexity index is 631. The molecule has 112 valence electrons. The minimum atomic E-state index is -0.0560. The van der Waals surface area contributed by atoms with Gasteiger partial charge >= 0.3 is 0 Å². The number of benzene rings is 1. The summed E-state index contributed by atoms with van der Waals surface area (Å²) >= 11 is 3.48. The Morgan fingerprint density at radius 2 is 2.10 bits per heavy atom. The highest BCUT2D eigenvalue weighted by Gasteiger charge is 2.28. The van der Waals surface area contributed by atoms with Gasteiger partial charge < -0.3 is 10.6 Å². The van der Waals surface area contributed by atoms with E-state index in [-0.39, 0.29) is 24.4 Å². The van der Waals surface area contributed by atoms with Crippen molar-refractivity contribution in [1.29, 1.82) is 0 Å². The van der Waals surface area contributed by atoms with Gasteiger partial charge in [-0.25, -0.2) is 0 Å². The first-order valence-electron chi connectivity index (χ1n) is 6.51. The summed E-state index contributed by atoms with van der Waals surface area (Å²) in [6.07, 6.45) is 0.850. The van der Waals surface area contributed by atoms with Crippen molar-refractivity contribution in [2.24, 2.45) is 5.73 Å². The molecule has 1 fully saturated rings. The Morgan fingerprint density at radius 3 is 2.71 bits per heavy atom. The van der Waals surface area contributed by atoms with Crippen molar-refractivity contribution < 1.29 is 4.79 Å². The lowest BCUT2D eigenvalue weighted by atomic mass is 10.1. The Labute approximate surface area is 137 Å². The Balaban J connectivity index is 0.00000161. The first kappa shape index (κ1) is 16.0. The number of nitrogens with one attached hydrogen (secondary N) is 1. The number of likely N-dealkylation sites (tertiary alicyclic amines) is 1. The number of rotatable bonds is 2. The molecule has 1 saturated heterocycles. The maximum atomic E-state index is 12.4. The second kappa shape index (κ2) is 6.60. The lowest BCUT2D eigenvalue weighted by molar-refractivity contribution is 0.0784. The van der Waals surface area contributed by atoms with Gasteiger partial charge in [0.15, 0.2) is 0 Å². The number of aromatic amines is 1. The van der Waals surface area contributed by atoms with Gasteiger partial charge in [-0.2, -0.15) is 5.10 Å². The summed E-state index contributed by atoms with van der Waals surface area (Å²) in [6.45, 7) is 1.30. The molecule has 3 rings (SSSR count).